The number of nitro groups is 1. The van der Waals surface area contributed by atoms with Crippen LogP contribution in [0.25, 0.3) is 0 Å². The van der Waals surface area contributed by atoms with Gasteiger partial charge in [-0.2, -0.15) is 0 Å². The first-order valence-corrected chi connectivity index (χ1v) is 7.01. The second kappa shape index (κ2) is 6.93. The number of benzene rings is 1. The fourth-order valence-corrected chi connectivity index (χ4v) is 2.14. The molecule has 2 amide bonds. The normalized spacial score (nSPS) is 9.86. The number of halogens is 1. The van der Waals surface area contributed by atoms with Crippen molar-refractivity contribution in [2.24, 2.45) is 0 Å². The molecule has 0 unspecified atom stereocenters. The molecule has 2 N–H and O–H groups in total. The minimum absolute atomic E-state index is 0.102. The van der Waals surface area contributed by atoms with E-state index < -0.39 is 16.7 Å². The fourth-order valence-electron chi connectivity index (χ4n) is 1.56. The summed E-state index contributed by atoms with van der Waals surface area (Å²) in [5.74, 6) is -1.16. The van der Waals surface area contributed by atoms with E-state index in [4.69, 9.17) is 0 Å². The third kappa shape index (κ3) is 3.75. The summed E-state index contributed by atoms with van der Waals surface area (Å²) in [7, 11) is 0. The number of amides is 2. The summed E-state index contributed by atoms with van der Waals surface area (Å²) in [5.41, 5.74) is 4.67. The average Bonchev–Trinajstić information content (AvgIpc) is 2.53. The van der Waals surface area contributed by atoms with Gasteiger partial charge in [0, 0.05) is 33.7 Å². The van der Waals surface area contributed by atoms with Crippen LogP contribution < -0.4 is 10.9 Å². The van der Waals surface area contributed by atoms with Gasteiger partial charge in [-0.05, 0) is 40.8 Å². The van der Waals surface area contributed by atoms with Crippen LogP contribution in [0, 0.1) is 13.7 Å². The summed E-state index contributed by atoms with van der Waals surface area (Å²) < 4.78 is 0.527. The molecule has 9 heteroatoms. The Morgan fingerprint density at radius 2 is 1.73 bits per heavy atom. The Labute approximate surface area is 138 Å². The zero-order chi connectivity index (χ0) is 16.1. The van der Waals surface area contributed by atoms with Crippen LogP contribution >= 0.6 is 22.6 Å². The van der Waals surface area contributed by atoms with Crippen LogP contribution in [0.4, 0.5) is 5.69 Å². The molecule has 0 saturated carbocycles. The van der Waals surface area contributed by atoms with E-state index in [1.165, 1.54) is 36.7 Å². The molecule has 0 saturated heterocycles. The van der Waals surface area contributed by atoms with Gasteiger partial charge in [0.05, 0.1) is 10.5 Å². The summed E-state index contributed by atoms with van der Waals surface area (Å²) in [6.45, 7) is 0. The molecule has 0 aliphatic carbocycles. The third-order valence-electron chi connectivity index (χ3n) is 2.64. The first-order valence-electron chi connectivity index (χ1n) is 5.93. The van der Waals surface area contributed by atoms with Gasteiger partial charge >= 0.3 is 0 Å². The van der Waals surface area contributed by atoms with E-state index in [1.807, 2.05) is 22.6 Å². The maximum absolute atomic E-state index is 12.0. The number of hydrazine groups is 1. The van der Waals surface area contributed by atoms with Crippen LogP contribution in [0.5, 0.6) is 0 Å². The molecule has 1 heterocycles. The molecular weight excluding hydrogens is 403 g/mol. The Morgan fingerprint density at radius 3 is 2.36 bits per heavy atom. The summed E-state index contributed by atoms with van der Waals surface area (Å²) >= 11 is 1.88. The Bertz CT molecular complexity index is 736. The Balaban J connectivity index is 2.08. The van der Waals surface area contributed by atoms with Gasteiger partial charge < -0.3 is 0 Å². The first kappa shape index (κ1) is 15.8. The van der Waals surface area contributed by atoms with Crippen LogP contribution in [-0.2, 0) is 0 Å². The highest BCUT2D eigenvalue weighted by Gasteiger charge is 2.16. The van der Waals surface area contributed by atoms with E-state index in [2.05, 4.69) is 15.8 Å². The molecule has 8 nitrogen and oxygen atoms in total. The van der Waals surface area contributed by atoms with Crippen LogP contribution in [0.2, 0.25) is 0 Å². The third-order valence-corrected chi connectivity index (χ3v) is 3.58. The number of carbonyl (C=O) groups excluding carboxylic acids is 2. The van der Waals surface area contributed by atoms with Gasteiger partial charge in [-0.25, -0.2) is 0 Å². The van der Waals surface area contributed by atoms with Crippen LogP contribution in [0.15, 0.2) is 42.7 Å². The van der Waals surface area contributed by atoms with Crippen molar-refractivity contribution in [2.45, 2.75) is 0 Å². The maximum Gasteiger partial charge on any atom is 0.271 e. The lowest BCUT2D eigenvalue weighted by Crippen LogP contribution is -2.41. The molecule has 22 heavy (non-hydrogen) atoms. The van der Waals surface area contributed by atoms with Crippen molar-refractivity contribution in [1.29, 1.82) is 0 Å². The number of nitrogens with one attached hydrogen (secondary N) is 2. The van der Waals surface area contributed by atoms with E-state index in [0.29, 0.717) is 9.13 Å². The highest BCUT2D eigenvalue weighted by molar-refractivity contribution is 14.1. The quantitative estimate of drug-likeness (QED) is 0.452. The minimum Gasteiger partial charge on any atom is -0.267 e. The highest BCUT2D eigenvalue weighted by Crippen LogP contribution is 2.19. The van der Waals surface area contributed by atoms with Crippen molar-refractivity contribution < 1.29 is 14.5 Å². The van der Waals surface area contributed by atoms with Crippen molar-refractivity contribution in [3.8, 4) is 0 Å². The van der Waals surface area contributed by atoms with E-state index in [9.17, 15) is 19.7 Å². The average molecular weight is 412 g/mol. The number of nitrogens with zero attached hydrogens (tertiary/aromatic N) is 2. The van der Waals surface area contributed by atoms with Crippen LogP contribution in [-0.4, -0.2) is 21.7 Å². The Hall–Kier alpha value is -2.56. The van der Waals surface area contributed by atoms with Crippen molar-refractivity contribution in [3.05, 3.63) is 67.5 Å². The second-order valence-electron chi connectivity index (χ2n) is 4.07. The van der Waals surface area contributed by atoms with Crippen LogP contribution in [0.3, 0.4) is 0 Å². The summed E-state index contributed by atoms with van der Waals surface area (Å²) in [5, 5.41) is 10.7. The Morgan fingerprint density at radius 1 is 1.09 bits per heavy atom. The largest absolute Gasteiger partial charge is 0.271 e. The SMILES string of the molecule is O=C(NNC(=O)c1cc([N+](=O)[O-])ccc1I)c1ccncc1. The molecule has 0 radical (unpaired) electrons. The van der Waals surface area contributed by atoms with Crippen LogP contribution in [0.1, 0.15) is 20.7 Å². The van der Waals surface area contributed by atoms with Crippen molar-refractivity contribution in [2.75, 3.05) is 0 Å². The fraction of sp³-hybridized carbons (Fsp3) is 0. The number of rotatable bonds is 3. The van der Waals surface area contributed by atoms with Gasteiger partial charge in [0.1, 0.15) is 0 Å². The lowest BCUT2D eigenvalue weighted by molar-refractivity contribution is -0.384. The number of non-ortho nitro benzene ring substituents is 1. The number of hydrogen-bond acceptors (Lipinski definition) is 5. The predicted molar refractivity (Wildman–Crippen MR) is 85.0 cm³/mol. The lowest BCUT2D eigenvalue weighted by atomic mass is 10.2. The minimum atomic E-state index is -0.643. The number of nitro benzene ring substituents is 1. The Kier molecular flexibility index (Phi) is 4.99. The molecule has 0 spiro atoms. The van der Waals surface area contributed by atoms with Gasteiger partial charge in [0.25, 0.3) is 17.5 Å². The molecular formula is C13H9IN4O4. The van der Waals surface area contributed by atoms with Crippen molar-refractivity contribution in [3.63, 3.8) is 0 Å². The molecule has 1 aromatic carbocycles. The molecule has 0 fully saturated rings. The molecule has 2 aromatic rings. The second-order valence-corrected chi connectivity index (χ2v) is 5.23. The molecule has 112 valence electrons. The van der Waals surface area contributed by atoms with Crippen molar-refractivity contribution in [1.82, 2.24) is 15.8 Å². The van der Waals surface area contributed by atoms with Gasteiger partial charge in [0.2, 0.25) is 0 Å². The van der Waals surface area contributed by atoms with Gasteiger partial charge in [-0.3, -0.25) is 35.5 Å². The first-order chi connectivity index (χ1) is 10.5. The molecule has 0 aliphatic heterocycles. The molecule has 0 atom stereocenters. The summed E-state index contributed by atoms with van der Waals surface area (Å²) in [6, 6.07) is 6.87. The number of carbonyl (C=O) groups is 2. The number of aromatic nitrogens is 1. The smallest absolute Gasteiger partial charge is 0.267 e. The summed E-state index contributed by atoms with van der Waals surface area (Å²) in [6.07, 6.45) is 2.89. The van der Waals surface area contributed by atoms with E-state index >= 15 is 0 Å². The van der Waals surface area contributed by atoms with Gasteiger partial charge in [0.15, 0.2) is 0 Å². The lowest BCUT2D eigenvalue weighted by Gasteiger charge is -2.08. The number of pyridine rings is 1. The maximum atomic E-state index is 12.0. The molecule has 0 bridgehead atoms. The monoisotopic (exact) mass is 412 g/mol. The number of hydrogen-bond donors (Lipinski definition) is 2. The van der Waals surface area contributed by atoms with E-state index in [0.717, 1.165) is 6.07 Å². The molecule has 0 aliphatic rings. The molecule has 1 aromatic heterocycles. The standard InChI is InChI=1S/C13H9IN4O4/c14-11-2-1-9(18(21)22)7-10(11)13(20)17-16-12(19)8-3-5-15-6-4-8/h1-7H,(H,16,19)(H,17,20). The topological polar surface area (TPSA) is 114 Å². The zero-order valence-corrected chi connectivity index (χ0v) is 13.1. The highest BCUT2D eigenvalue weighted by atomic mass is 127. The van der Waals surface area contributed by atoms with Crippen molar-refractivity contribution >= 4 is 40.1 Å². The van der Waals surface area contributed by atoms with E-state index in [-0.39, 0.29) is 11.3 Å². The predicted octanol–water partition coefficient (Wildman–Crippen LogP) is 1.67. The van der Waals surface area contributed by atoms with Gasteiger partial charge in [-0.1, -0.05) is 0 Å². The van der Waals surface area contributed by atoms with Gasteiger partial charge in [-0.15, -0.1) is 0 Å². The summed E-state index contributed by atoms with van der Waals surface area (Å²) in [4.78, 5) is 37.7. The molecule has 2 rings (SSSR count). The van der Waals surface area contributed by atoms with E-state index in [1.54, 1.807) is 0 Å². The zero-order valence-electron chi connectivity index (χ0n) is 10.9.